The molecule has 2 aromatic heterocycles. The average Bonchev–Trinajstić information content (AvgIpc) is 2.63. The lowest BCUT2D eigenvalue weighted by atomic mass is 10.2. The maximum atomic E-state index is 5.16. The Kier molecular flexibility index (Phi) is 2.91. The Bertz CT molecular complexity index is 486. The van der Waals surface area contributed by atoms with Gasteiger partial charge < -0.3 is 4.57 Å². The Morgan fingerprint density at radius 1 is 1.53 bits per heavy atom. The molecule has 0 saturated carbocycles. The van der Waals surface area contributed by atoms with Crippen LogP contribution in [0.3, 0.4) is 0 Å². The predicted molar refractivity (Wildman–Crippen MR) is 60.9 cm³/mol. The van der Waals surface area contributed by atoms with Crippen LogP contribution >= 0.6 is 12.2 Å². The van der Waals surface area contributed by atoms with Crippen LogP contribution in [0.25, 0.3) is 11.4 Å². The zero-order valence-corrected chi connectivity index (χ0v) is 9.29. The largest absolute Gasteiger partial charge is 0.300 e. The van der Waals surface area contributed by atoms with Crippen LogP contribution in [-0.2, 0) is 6.54 Å². The molecule has 0 aliphatic carbocycles. The van der Waals surface area contributed by atoms with E-state index in [0.29, 0.717) is 4.77 Å². The van der Waals surface area contributed by atoms with Gasteiger partial charge in [0.1, 0.15) is 0 Å². The molecule has 2 aromatic rings. The predicted octanol–water partition coefficient (Wildman–Crippen LogP) is 2.41. The van der Waals surface area contributed by atoms with Crippen molar-refractivity contribution in [2.45, 2.75) is 19.9 Å². The van der Waals surface area contributed by atoms with Crippen LogP contribution in [0.15, 0.2) is 24.5 Å². The van der Waals surface area contributed by atoms with Crippen LogP contribution in [0.2, 0.25) is 0 Å². The summed E-state index contributed by atoms with van der Waals surface area (Å²) in [6, 6.07) is 3.87. The van der Waals surface area contributed by atoms with E-state index in [1.807, 2.05) is 16.7 Å². The van der Waals surface area contributed by atoms with Crippen molar-refractivity contribution in [2.75, 3.05) is 0 Å². The minimum Gasteiger partial charge on any atom is -0.300 e. The first kappa shape index (κ1) is 10.0. The van der Waals surface area contributed by atoms with Crippen LogP contribution in [0.4, 0.5) is 0 Å². The molecule has 5 heteroatoms. The second-order valence-corrected chi connectivity index (χ2v) is 3.63. The molecule has 4 nitrogen and oxygen atoms in total. The number of nitrogens with zero attached hydrogens (tertiary/aromatic N) is 3. The monoisotopic (exact) mass is 220 g/mol. The van der Waals surface area contributed by atoms with E-state index in [0.717, 1.165) is 24.4 Å². The quantitative estimate of drug-likeness (QED) is 0.808. The van der Waals surface area contributed by atoms with E-state index in [2.05, 4.69) is 22.1 Å². The van der Waals surface area contributed by atoms with Gasteiger partial charge in [0.25, 0.3) is 0 Å². The summed E-state index contributed by atoms with van der Waals surface area (Å²) < 4.78 is 2.66. The summed E-state index contributed by atoms with van der Waals surface area (Å²) in [7, 11) is 0. The summed E-state index contributed by atoms with van der Waals surface area (Å²) in [5.74, 6) is 0.856. The maximum absolute atomic E-state index is 5.16. The summed E-state index contributed by atoms with van der Waals surface area (Å²) in [5, 5.41) is 7.02. The molecule has 0 bridgehead atoms. The van der Waals surface area contributed by atoms with Crippen molar-refractivity contribution in [1.82, 2.24) is 19.7 Å². The number of pyridine rings is 1. The zero-order chi connectivity index (χ0) is 10.7. The van der Waals surface area contributed by atoms with Gasteiger partial charge in [0, 0.05) is 24.5 Å². The second kappa shape index (κ2) is 4.35. The van der Waals surface area contributed by atoms with Crippen molar-refractivity contribution < 1.29 is 0 Å². The Morgan fingerprint density at radius 3 is 3.07 bits per heavy atom. The molecular formula is C10H12N4S. The lowest BCUT2D eigenvalue weighted by Gasteiger charge is -2.03. The summed E-state index contributed by atoms with van der Waals surface area (Å²) in [5.41, 5.74) is 0.985. The van der Waals surface area contributed by atoms with Gasteiger partial charge in [-0.05, 0) is 30.8 Å². The van der Waals surface area contributed by atoms with Crippen molar-refractivity contribution in [3.63, 3.8) is 0 Å². The number of aromatic nitrogens is 4. The smallest absolute Gasteiger partial charge is 0.195 e. The molecule has 2 heterocycles. The van der Waals surface area contributed by atoms with Gasteiger partial charge in [-0.2, -0.15) is 5.10 Å². The minimum absolute atomic E-state index is 0.663. The van der Waals surface area contributed by atoms with Crippen LogP contribution in [0.1, 0.15) is 13.3 Å². The fraction of sp³-hybridized carbons (Fsp3) is 0.300. The van der Waals surface area contributed by atoms with E-state index in [9.17, 15) is 0 Å². The summed E-state index contributed by atoms with van der Waals surface area (Å²) in [6.07, 6.45) is 4.56. The molecule has 0 saturated heterocycles. The molecule has 78 valence electrons. The normalized spacial score (nSPS) is 10.5. The molecule has 1 N–H and O–H groups in total. The highest BCUT2D eigenvalue weighted by Crippen LogP contribution is 2.15. The van der Waals surface area contributed by atoms with Gasteiger partial charge >= 0.3 is 0 Å². The Hall–Kier alpha value is -1.49. The molecule has 0 amide bonds. The van der Waals surface area contributed by atoms with E-state index < -0.39 is 0 Å². The van der Waals surface area contributed by atoms with Crippen molar-refractivity contribution >= 4 is 12.2 Å². The number of aromatic amines is 1. The SMILES string of the molecule is CCCn1c(-c2cccnc2)n[nH]c1=S. The highest BCUT2D eigenvalue weighted by molar-refractivity contribution is 7.71. The average molecular weight is 220 g/mol. The minimum atomic E-state index is 0.663. The van der Waals surface area contributed by atoms with Gasteiger partial charge in [0.2, 0.25) is 0 Å². The molecule has 0 fully saturated rings. The fourth-order valence-electron chi connectivity index (χ4n) is 1.46. The van der Waals surface area contributed by atoms with Crippen molar-refractivity contribution in [2.24, 2.45) is 0 Å². The molecule has 15 heavy (non-hydrogen) atoms. The third-order valence-electron chi connectivity index (χ3n) is 2.13. The number of nitrogens with one attached hydrogen (secondary N) is 1. The lowest BCUT2D eigenvalue weighted by Crippen LogP contribution is -1.99. The summed E-state index contributed by atoms with van der Waals surface area (Å²) in [6.45, 7) is 2.99. The molecule has 0 spiro atoms. The molecule has 0 atom stereocenters. The summed E-state index contributed by atoms with van der Waals surface area (Å²) in [4.78, 5) is 4.07. The molecule has 0 aromatic carbocycles. The topological polar surface area (TPSA) is 46.5 Å². The maximum Gasteiger partial charge on any atom is 0.195 e. The second-order valence-electron chi connectivity index (χ2n) is 3.25. The molecule has 0 unspecified atom stereocenters. The van der Waals surface area contributed by atoms with Crippen LogP contribution < -0.4 is 0 Å². The highest BCUT2D eigenvalue weighted by Gasteiger charge is 2.07. The van der Waals surface area contributed by atoms with E-state index >= 15 is 0 Å². The summed E-state index contributed by atoms with van der Waals surface area (Å²) >= 11 is 5.16. The lowest BCUT2D eigenvalue weighted by molar-refractivity contribution is 0.674. The van der Waals surface area contributed by atoms with Gasteiger partial charge in [0.05, 0.1) is 0 Å². The molecule has 0 radical (unpaired) electrons. The number of hydrogen-bond acceptors (Lipinski definition) is 3. The standard InChI is InChI=1S/C10H12N4S/c1-2-6-14-9(12-13-10(14)15)8-4-3-5-11-7-8/h3-5,7H,2,6H2,1H3,(H,13,15). The van der Waals surface area contributed by atoms with Gasteiger partial charge in [-0.25, -0.2) is 0 Å². The number of H-pyrrole nitrogens is 1. The Balaban J connectivity index is 2.49. The van der Waals surface area contributed by atoms with E-state index in [4.69, 9.17) is 12.2 Å². The Morgan fingerprint density at radius 2 is 2.40 bits per heavy atom. The number of rotatable bonds is 3. The number of hydrogen-bond donors (Lipinski definition) is 1. The zero-order valence-electron chi connectivity index (χ0n) is 8.47. The van der Waals surface area contributed by atoms with Gasteiger partial charge in [-0.15, -0.1) is 0 Å². The van der Waals surface area contributed by atoms with Gasteiger partial charge in [-0.3, -0.25) is 10.1 Å². The highest BCUT2D eigenvalue weighted by atomic mass is 32.1. The molecular weight excluding hydrogens is 208 g/mol. The first-order valence-electron chi connectivity index (χ1n) is 4.88. The van der Waals surface area contributed by atoms with Crippen molar-refractivity contribution in [1.29, 1.82) is 0 Å². The van der Waals surface area contributed by atoms with Crippen LogP contribution in [0, 0.1) is 4.77 Å². The van der Waals surface area contributed by atoms with Gasteiger partial charge in [0.15, 0.2) is 10.6 Å². The molecule has 0 aliphatic rings. The van der Waals surface area contributed by atoms with E-state index in [1.54, 1.807) is 12.4 Å². The third kappa shape index (κ3) is 1.97. The van der Waals surface area contributed by atoms with Crippen molar-refractivity contribution in [3.8, 4) is 11.4 Å². The molecule has 2 rings (SSSR count). The van der Waals surface area contributed by atoms with Crippen molar-refractivity contribution in [3.05, 3.63) is 29.3 Å². The third-order valence-corrected chi connectivity index (χ3v) is 2.44. The van der Waals surface area contributed by atoms with Crippen LogP contribution in [0.5, 0.6) is 0 Å². The van der Waals surface area contributed by atoms with Crippen LogP contribution in [-0.4, -0.2) is 19.7 Å². The first-order chi connectivity index (χ1) is 7.33. The van der Waals surface area contributed by atoms with Gasteiger partial charge in [-0.1, -0.05) is 6.92 Å². The van der Waals surface area contributed by atoms with E-state index in [-0.39, 0.29) is 0 Å². The Labute approximate surface area is 93.0 Å². The fourth-order valence-corrected chi connectivity index (χ4v) is 1.69. The van der Waals surface area contributed by atoms with E-state index in [1.165, 1.54) is 0 Å². The molecule has 0 aliphatic heterocycles. The first-order valence-corrected chi connectivity index (χ1v) is 5.29.